The molecule has 3 heterocycles. The zero-order chi connectivity index (χ0) is 21.3. The maximum atomic E-state index is 14.8. The van der Waals surface area contributed by atoms with Gasteiger partial charge in [0.05, 0.1) is 23.6 Å². The highest BCUT2D eigenvalue weighted by Gasteiger charge is 2.50. The first-order chi connectivity index (χ1) is 14.5. The van der Waals surface area contributed by atoms with Crippen LogP contribution in [0.5, 0.6) is 5.88 Å². The van der Waals surface area contributed by atoms with Crippen LogP contribution in [0.1, 0.15) is 37.7 Å². The van der Waals surface area contributed by atoms with Crippen molar-refractivity contribution >= 4 is 32.6 Å². The van der Waals surface area contributed by atoms with Crippen molar-refractivity contribution in [3.05, 3.63) is 30.2 Å². The summed E-state index contributed by atoms with van der Waals surface area (Å²) in [6.45, 7) is 3.00. The highest BCUT2D eigenvalue weighted by atomic mass is 32.1. The second-order valence-electron chi connectivity index (χ2n) is 7.67. The number of rotatable bonds is 9. The number of hydrogen-bond acceptors (Lipinski definition) is 7. The van der Waals surface area contributed by atoms with Crippen molar-refractivity contribution in [1.29, 1.82) is 0 Å². The summed E-state index contributed by atoms with van der Waals surface area (Å²) in [7, 11) is 3.04. The first-order valence-corrected chi connectivity index (χ1v) is 10.6. The predicted molar refractivity (Wildman–Crippen MR) is 111 cm³/mol. The first kappa shape index (κ1) is 20.7. The fraction of sp³-hybridized carbons (Fsp3) is 0.500. The van der Waals surface area contributed by atoms with Crippen molar-refractivity contribution in [3.63, 3.8) is 0 Å². The molecule has 3 aromatic rings. The molecule has 0 radical (unpaired) electrons. The fourth-order valence-electron chi connectivity index (χ4n) is 3.57. The molecule has 1 unspecified atom stereocenters. The normalized spacial score (nSPS) is 15.9. The van der Waals surface area contributed by atoms with Crippen LogP contribution in [0.4, 0.5) is 9.52 Å². The zero-order valence-corrected chi connectivity index (χ0v) is 18.0. The quantitative estimate of drug-likeness (QED) is 0.519. The van der Waals surface area contributed by atoms with Crippen LogP contribution in [0.25, 0.3) is 10.2 Å². The van der Waals surface area contributed by atoms with E-state index in [0.29, 0.717) is 40.5 Å². The zero-order valence-electron chi connectivity index (χ0n) is 17.1. The Bertz CT molecular complexity index is 1050. The standard InChI is InChI=1S/C20H24FN5O3S/c1-12(4-9-28-2)13-15-14(17(29-3)24-16(13)21)23-19(30-15)25-18(27)20(5-6-20)10-26-8-7-22-11-26/h7-8,11-12H,4-6,9-10H2,1-3H3,(H,23,25,27). The number of ether oxygens (including phenoxy) is 2. The molecule has 0 bridgehead atoms. The lowest BCUT2D eigenvalue weighted by Gasteiger charge is -2.14. The minimum atomic E-state index is -0.580. The third-order valence-corrected chi connectivity index (χ3v) is 6.54. The van der Waals surface area contributed by atoms with E-state index in [1.54, 1.807) is 19.6 Å². The number of hydrogen-bond donors (Lipinski definition) is 1. The van der Waals surface area contributed by atoms with Crippen molar-refractivity contribution in [2.45, 2.75) is 38.6 Å². The van der Waals surface area contributed by atoms with Gasteiger partial charge in [0.2, 0.25) is 17.7 Å². The van der Waals surface area contributed by atoms with E-state index in [2.05, 4.69) is 20.3 Å². The molecule has 0 aliphatic heterocycles. The Morgan fingerprint density at radius 1 is 1.40 bits per heavy atom. The van der Waals surface area contributed by atoms with E-state index >= 15 is 0 Å². The molecule has 10 heteroatoms. The summed E-state index contributed by atoms with van der Waals surface area (Å²) in [6, 6.07) is 0. The number of fused-ring (bicyclic) bond motifs is 1. The van der Waals surface area contributed by atoms with Gasteiger partial charge in [-0.25, -0.2) is 9.97 Å². The predicted octanol–water partition coefficient (Wildman–Crippen LogP) is 3.59. The number of pyridine rings is 1. The highest BCUT2D eigenvalue weighted by Crippen LogP contribution is 2.48. The van der Waals surface area contributed by atoms with Crippen molar-refractivity contribution in [2.75, 3.05) is 26.1 Å². The van der Waals surface area contributed by atoms with Crippen molar-refractivity contribution in [1.82, 2.24) is 19.5 Å². The van der Waals surface area contributed by atoms with Gasteiger partial charge < -0.3 is 19.4 Å². The topological polar surface area (TPSA) is 91.2 Å². The van der Waals surface area contributed by atoms with Crippen molar-refractivity contribution in [2.24, 2.45) is 5.41 Å². The Morgan fingerprint density at radius 3 is 2.83 bits per heavy atom. The smallest absolute Gasteiger partial charge is 0.243 e. The molecule has 1 N–H and O–H groups in total. The maximum Gasteiger partial charge on any atom is 0.243 e. The second-order valence-corrected chi connectivity index (χ2v) is 8.67. The Morgan fingerprint density at radius 2 is 2.20 bits per heavy atom. The molecule has 0 spiro atoms. The molecule has 1 aliphatic rings. The minimum absolute atomic E-state index is 0.0864. The van der Waals surface area contributed by atoms with E-state index in [4.69, 9.17) is 9.47 Å². The van der Waals surface area contributed by atoms with Gasteiger partial charge >= 0.3 is 0 Å². The van der Waals surface area contributed by atoms with E-state index in [-0.39, 0.29) is 17.7 Å². The van der Waals surface area contributed by atoms with Crippen LogP contribution in [0.2, 0.25) is 0 Å². The number of imidazole rings is 1. The Balaban J connectivity index is 1.63. The van der Waals surface area contributed by atoms with Crippen LogP contribution in [0.3, 0.4) is 0 Å². The number of nitrogens with zero attached hydrogens (tertiary/aromatic N) is 4. The molecule has 8 nitrogen and oxygen atoms in total. The molecule has 1 fully saturated rings. The van der Waals surface area contributed by atoms with E-state index in [9.17, 15) is 9.18 Å². The molecule has 30 heavy (non-hydrogen) atoms. The lowest BCUT2D eigenvalue weighted by Crippen LogP contribution is -2.28. The average Bonchev–Trinajstić information content (AvgIpc) is 3.12. The fourth-order valence-corrected chi connectivity index (χ4v) is 4.67. The number of anilines is 1. The summed E-state index contributed by atoms with van der Waals surface area (Å²) >= 11 is 1.25. The van der Waals surface area contributed by atoms with Gasteiger partial charge in [0.25, 0.3) is 0 Å². The first-order valence-electron chi connectivity index (χ1n) is 9.77. The van der Waals surface area contributed by atoms with Crippen LogP contribution >= 0.6 is 11.3 Å². The summed E-state index contributed by atoms with van der Waals surface area (Å²) in [5, 5.41) is 3.35. The number of carbonyl (C=O) groups is 1. The highest BCUT2D eigenvalue weighted by molar-refractivity contribution is 7.22. The van der Waals surface area contributed by atoms with Crippen LogP contribution in [-0.4, -0.2) is 46.3 Å². The summed E-state index contributed by atoms with van der Waals surface area (Å²) in [5.74, 6) is -0.674. The molecule has 4 rings (SSSR count). The Kier molecular flexibility index (Phi) is 5.70. The van der Waals surface area contributed by atoms with Crippen LogP contribution < -0.4 is 10.1 Å². The molecule has 0 saturated heterocycles. The third-order valence-electron chi connectivity index (χ3n) is 5.54. The number of methoxy groups -OCH3 is 2. The monoisotopic (exact) mass is 433 g/mol. The summed E-state index contributed by atoms with van der Waals surface area (Å²) in [5.41, 5.74) is 0.471. The number of carbonyl (C=O) groups excluding carboxylic acids is 1. The van der Waals surface area contributed by atoms with Crippen LogP contribution in [-0.2, 0) is 16.1 Å². The number of thiazole rings is 1. The molecule has 1 amide bonds. The lowest BCUT2D eigenvalue weighted by molar-refractivity contribution is -0.121. The van der Waals surface area contributed by atoms with E-state index in [1.807, 2.05) is 17.7 Å². The Labute approximate surface area is 177 Å². The summed E-state index contributed by atoms with van der Waals surface area (Å²) in [6.07, 6.45) is 7.50. The van der Waals surface area contributed by atoms with Gasteiger partial charge in [-0.05, 0) is 25.2 Å². The van der Waals surface area contributed by atoms with Gasteiger partial charge in [0.1, 0.15) is 5.52 Å². The second kappa shape index (κ2) is 8.27. The van der Waals surface area contributed by atoms with Crippen LogP contribution in [0.15, 0.2) is 18.7 Å². The molecule has 0 aromatic carbocycles. The molecule has 160 valence electrons. The molecule has 3 aromatic heterocycles. The maximum absolute atomic E-state index is 14.8. The minimum Gasteiger partial charge on any atom is -0.479 e. The SMILES string of the molecule is COCCC(C)c1c(F)nc(OC)c2nc(NC(=O)C3(Cn4ccnc4)CC3)sc12. The van der Waals surface area contributed by atoms with Gasteiger partial charge in [0.15, 0.2) is 5.13 Å². The number of amides is 1. The summed E-state index contributed by atoms with van der Waals surface area (Å²) in [4.78, 5) is 25.5. The van der Waals surface area contributed by atoms with Gasteiger partial charge in [-0.1, -0.05) is 18.3 Å². The van der Waals surface area contributed by atoms with E-state index in [1.165, 1.54) is 18.4 Å². The Hall–Kier alpha value is -2.59. The molecule has 1 aliphatic carbocycles. The number of aromatic nitrogens is 4. The van der Waals surface area contributed by atoms with Gasteiger partial charge in [-0.15, -0.1) is 0 Å². The van der Waals surface area contributed by atoms with Crippen LogP contribution in [0, 0.1) is 11.4 Å². The van der Waals surface area contributed by atoms with E-state index < -0.39 is 11.4 Å². The third kappa shape index (κ3) is 3.89. The largest absolute Gasteiger partial charge is 0.479 e. The molecule has 1 saturated carbocycles. The summed E-state index contributed by atoms with van der Waals surface area (Å²) < 4.78 is 27.7. The van der Waals surface area contributed by atoms with Crippen molar-refractivity contribution < 1.29 is 18.7 Å². The molecule has 1 atom stereocenters. The number of nitrogens with one attached hydrogen (secondary N) is 1. The average molecular weight is 434 g/mol. The molecular weight excluding hydrogens is 409 g/mol. The number of halogens is 1. The van der Waals surface area contributed by atoms with Gasteiger partial charge in [-0.2, -0.15) is 9.37 Å². The van der Waals surface area contributed by atoms with Gasteiger partial charge in [0, 0.05) is 38.2 Å². The van der Waals surface area contributed by atoms with Gasteiger partial charge in [-0.3, -0.25) is 4.79 Å². The lowest BCUT2D eigenvalue weighted by atomic mass is 9.99. The molecular formula is C20H24FN5O3S. The van der Waals surface area contributed by atoms with E-state index in [0.717, 1.165) is 12.8 Å². The van der Waals surface area contributed by atoms with Crippen molar-refractivity contribution in [3.8, 4) is 5.88 Å².